The molecule has 6 aromatic carbocycles. The third-order valence-corrected chi connectivity index (χ3v) is 11.6. The van der Waals surface area contributed by atoms with E-state index in [2.05, 4.69) is 217 Å². The Morgan fingerprint density at radius 1 is 0.556 bits per heavy atom. The van der Waals surface area contributed by atoms with Gasteiger partial charge in [0, 0.05) is 39.6 Å². The van der Waals surface area contributed by atoms with Crippen LogP contribution in [0.2, 0.25) is 0 Å². The van der Waals surface area contributed by atoms with E-state index in [4.69, 9.17) is 0 Å². The van der Waals surface area contributed by atoms with Gasteiger partial charge in [0.05, 0.1) is 17.4 Å². The lowest BCUT2D eigenvalue weighted by Gasteiger charge is -2.51. The molecule has 0 fully saturated rings. The van der Waals surface area contributed by atoms with Crippen LogP contribution in [0.5, 0.6) is 0 Å². The summed E-state index contributed by atoms with van der Waals surface area (Å²) < 4.78 is 2.60. The molecule has 1 aliphatic carbocycles. The fraction of sp³-hybridized carbons (Fsp3) is 0.120. The SMILES string of the molecule is CC(C)(C)C1=CC2=C3B(c4ccccc4N2c2ccccc2)c2c(c(-c4ccccc4)c(-c4ccccc4)n2-c2ccccc2)N(c2ccccc2)C3C1. The molecular formula is C50H42BN3. The molecule has 3 aliphatic rings. The van der Waals surface area contributed by atoms with E-state index in [1.807, 2.05) is 0 Å². The van der Waals surface area contributed by atoms with E-state index in [1.54, 1.807) is 0 Å². The van der Waals surface area contributed by atoms with E-state index in [0.717, 1.165) is 12.1 Å². The topological polar surface area (TPSA) is 11.4 Å². The zero-order chi connectivity index (χ0) is 36.4. The van der Waals surface area contributed by atoms with Crippen LogP contribution >= 0.6 is 0 Å². The maximum Gasteiger partial charge on any atom is 0.268 e. The predicted molar refractivity (Wildman–Crippen MR) is 228 cm³/mol. The first-order chi connectivity index (χ1) is 26.5. The number of fused-ring (bicyclic) bond motifs is 4. The highest BCUT2D eigenvalue weighted by atomic mass is 15.2. The first-order valence-electron chi connectivity index (χ1n) is 19.2. The lowest BCUT2D eigenvalue weighted by molar-refractivity contribution is 0.467. The summed E-state index contributed by atoms with van der Waals surface area (Å²) in [5, 5.41) is 0. The Bertz CT molecular complexity index is 2550. The van der Waals surface area contributed by atoms with E-state index < -0.39 is 0 Å². The highest BCUT2D eigenvalue weighted by Crippen LogP contribution is 2.53. The van der Waals surface area contributed by atoms with Gasteiger partial charge >= 0.3 is 0 Å². The van der Waals surface area contributed by atoms with Crippen molar-refractivity contribution in [2.45, 2.75) is 33.2 Å². The zero-order valence-electron chi connectivity index (χ0n) is 31.0. The van der Waals surface area contributed by atoms with Gasteiger partial charge < -0.3 is 14.4 Å². The molecule has 0 spiro atoms. The first kappa shape index (κ1) is 32.4. The molecule has 1 aromatic heterocycles. The van der Waals surface area contributed by atoms with Crippen molar-refractivity contribution in [3.8, 4) is 28.1 Å². The molecule has 0 radical (unpaired) electrons. The summed E-state index contributed by atoms with van der Waals surface area (Å²) in [7, 11) is 0. The molecule has 0 saturated carbocycles. The van der Waals surface area contributed by atoms with Crippen molar-refractivity contribution in [2.24, 2.45) is 5.41 Å². The van der Waals surface area contributed by atoms with Crippen LogP contribution < -0.4 is 20.9 Å². The molecular weight excluding hydrogens is 653 g/mol. The molecule has 1 unspecified atom stereocenters. The summed E-state index contributed by atoms with van der Waals surface area (Å²) in [6, 6.07) is 64.5. The Morgan fingerprint density at radius 2 is 1.07 bits per heavy atom. The molecule has 0 N–H and O–H groups in total. The summed E-state index contributed by atoms with van der Waals surface area (Å²) in [6.07, 6.45) is 3.48. The number of aromatic nitrogens is 1. The summed E-state index contributed by atoms with van der Waals surface area (Å²) >= 11 is 0. The van der Waals surface area contributed by atoms with E-state index in [1.165, 1.54) is 72.9 Å². The molecule has 0 saturated heterocycles. The fourth-order valence-corrected chi connectivity index (χ4v) is 9.20. The van der Waals surface area contributed by atoms with Crippen LogP contribution in [0.15, 0.2) is 199 Å². The van der Waals surface area contributed by atoms with Crippen LogP contribution in [0.1, 0.15) is 27.2 Å². The van der Waals surface area contributed by atoms with Crippen LogP contribution in [0, 0.1) is 5.41 Å². The van der Waals surface area contributed by atoms with E-state index in [0.29, 0.717) is 0 Å². The smallest absolute Gasteiger partial charge is 0.268 e. The lowest BCUT2D eigenvalue weighted by Crippen LogP contribution is -2.62. The molecule has 3 heterocycles. The van der Waals surface area contributed by atoms with Crippen LogP contribution in [0.25, 0.3) is 28.1 Å². The largest absolute Gasteiger partial charge is 0.333 e. The molecule has 2 aliphatic heterocycles. The second kappa shape index (κ2) is 12.7. The molecule has 260 valence electrons. The summed E-state index contributed by atoms with van der Waals surface area (Å²) in [4.78, 5) is 5.25. The maximum absolute atomic E-state index is 2.71. The third kappa shape index (κ3) is 5.04. The van der Waals surface area contributed by atoms with Gasteiger partial charge in [-0.25, -0.2) is 0 Å². The Balaban J connectivity index is 1.43. The fourth-order valence-electron chi connectivity index (χ4n) is 9.20. The lowest BCUT2D eigenvalue weighted by atomic mass is 9.32. The van der Waals surface area contributed by atoms with Gasteiger partial charge in [-0.15, -0.1) is 0 Å². The minimum Gasteiger partial charge on any atom is -0.333 e. The Hall–Kier alpha value is -6.26. The van der Waals surface area contributed by atoms with Crippen molar-refractivity contribution in [2.75, 3.05) is 9.80 Å². The second-order valence-corrected chi connectivity index (χ2v) is 15.7. The Labute approximate surface area is 319 Å². The van der Waals surface area contributed by atoms with Crippen LogP contribution in [0.3, 0.4) is 0 Å². The predicted octanol–water partition coefficient (Wildman–Crippen LogP) is 11.3. The third-order valence-electron chi connectivity index (χ3n) is 11.6. The van der Waals surface area contributed by atoms with Gasteiger partial charge in [0.1, 0.15) is 0 Å². The van der Waals surface area contributed by atoms with Crippen molar-refractivity contribution >= 4 is 40.5 Å². The van der Waals surface area contributed by atoms with Crippen molar-refractivity contribution < 1.29 is 0 Å². The molecule has 1 atom stereocenters. The molecule has 10 rings (SSSR count). The first-order valence-corrected chi connectivity index (χ1v) is 19.2. The molecule has 7 aromatic rings. The number of nitrogens with zero attached hydrogens (tertiary/aromatic N) is 3. The van der Waals surface area contributed by atoms with Crippen molar-refractivity contribution in [1.29, 1.82) is 0 Å². The Kier molecular flexibility index (Phi) is 7.62. The van der Waals surface area contributed by atoms with Crippen molar-refractivity contribution in [1.82, 2.24) is 4.57 Å². The quantitative estimate of drug-likeness (QED) is 0.166. The minimum atomic E-state index is -0.0244. The van der Waals surface area contributed by atoms with Gasteiger partial charge in [-0.2, -0.15) is 0 Å². The number of hydrogen-bond donors (Lipinski definition) is 0. The standard InChI is InChI=1S/C50H42BN3/c1-50(2,3)37-33-43-46-44(34-37)53(39-27-15-7-16-28-39)48-45(35-21-9-4-10-22-35)47(36-23-11-5-12-24-36)54(40-29-17-8-18-30-40)49(48)51(46)41-31-19-20-32-42(41)52(43)38-25-13-6-14-26-38/h4-33,44H,34H2,1-3H3. The second-order valence-electron chi connectivity index (χ2n) is 15.7. The highest BCUT2D eigenvalue weighted by Gasteiger charge is 2.52. The van der Waals surface area contributed by atoms with Gasteiger partial charge in [0.15, 0.2) is 0 Å². The average molecular weight is 696 g/mol. The number of hydrogen-bond acceptors (Lipinski definition) is 2. The summed E-state index contributed by atoms with van der Waals surface area (Å²) in [5.41, 5.74) is 17.8. The number of benzene rings is 6. The van der Waals surface area contributed by atoms with Gasteiger partial charge in [-0.1, -0.05) is 160 Å². The van der Waals surface area contributed by atoms with E-state index >= 15 is 0 Å². The van der Waals surface area contributed by atoms with E-state index in [-0.39, 0.29) is 18.2 Å². The highest BCUT2D eigenvalue weighted by molar-refractivity contribution is 6.94. The van der Waals surface area contributed by atoms with Gasteiger partial charge in [-0.05, 0) is 82.4 Å². The molecule has 0 amide bonds. The number of rotatable bonds is 5. The van der Waals surface area contributed by atoms with Crippen molar-refractivity contribution in [3.05, 3.63) is 199 Å². The van der Waals surface area contributed by atoms with Crippen LogP contribution in [0.4, 0.5) is 22.7 Å². The number of allylic oxidation sites excluding steroid dienone is 1. The van der Waals surface area contributed by atoms with Crippen LogP contribution in [-0.2, 0) is 0 Å². The zero-order valence-corrected chi connectivity index (χ0v) is 31.0. The normalized spacial score (nSPS) is 16.1. The summed E-state index contributed by atoms with van der Waals surface area (Å²) in [6.45, 7) is 7.14. The van der Waals surface area contributed by atoms with E-state index in [9.17, 15) is 0 Å². The average Bonchev–Trinajstić information content (AvgIpc) is 3.57. The minimum absolute atomic E-state index is 0.00836. The number of anilines is 4. The van der Waals surface area contributed by atoms with Crippen molar-refractivity contribution in [3.63, 3.8) is 0 Å². The summed E-state index contributed by atoms with van der Waals surface area (Å²) in [5.74, 6) is 0. The van der Waals surface area contributed by atoms with Gasteiger partial charge in [-0.3, -0.25) is 0 Å². The molecule has 0 bridgehead atoms. The van der Waals surface area contributed by atoms with Gasteiger partial charge in [0.25, 0.3) is 6.71 Å². The maximum atomic E-state index is 2.71. The number of para-hydroxylation sites is 4. The molecule has 4 heteroatoms. The molecule has 3 nitrogen and oxygen atoms in total. The van der Waals surface area contributed by atoms with Gasteiger partial charge in [0.2, 0.25) is 0 Å². The molecule has 54 heavy (non-hydrogen) atoms. The van der Waals surface area contributed by atoms with Crippen LogP contribution in [-0.4, -0.2) is 17.3 Å². The monoisotopic (exact) mass is 695 g/mol. The Morgan fingerprint density at radius 3 is 1.69 bits per heavy atom.